The van der Waals surface area contributed by atoms with Crippen LogP contribution in [0.4, 0.5) is 0 Å². The van der Waals surface area contributed by atoms with E-state index in [-0.39, 0.29) is 129 Å². The molecule has 0 aliphatic rings. The summed E-state index contributed by atoms with van der Waals surface area (Å²) in [6.07, 6.45) is 0. The summed E-state index contributed by atoms with van der Waals surface area (Å²) < 4.78 is 0. The molecule has 0 spiro atoms. The Morgan fingerprint density at radius 3 is 0.300 bits per heavy atom. The molecule has 0 saturated heterocycles. The van der Waals surface area contributed by atoms with Gasteiger partial charge in [-0.1, -0.05) is 0 Å². The van der Waals surface area contributed by atoms with Crippen molar-refractivity contribution >= 4 is 19.8 Å². The Labute approximate surface area is 127 Å². The minimum atomic E-state index is 0. The van der Waals surface area contributed by atoms with Crippen LogP contribution in [0.15, 0.2) is 0 Å². The normalized spacial score (nSPS) is 0. The van der Waals surface area contributed by atoms with Crippen LogP contribution in [-0.2, 0) is 0 Å². The number of nitrogens with zero attached hydrogens (tertiary/aromatic N) is 6. The zero-order chi connectivity index (χ0) is 0. The van der Waals surface area contributed by atoms with Crippen molar-refractivity contribution in [3.8, 4) is 0 Å². The molecule has 0 amide bonds. The fourth-order valence-corrected chi connectivity index (χ4v) is 0. The first-order valence-electron chi connectivity index (χ1n) is 0. The van der Waals surface area contributed by atoms with Gasteiger partial charge < -0.3 is 71.9 Å². The molecule has 54 valence electrons. The molecule has 18 radical (unpaired) electrons. The van der Waals surface area contributed by atoms with Gasteiger partial charge in [0.05, 0.1) is 0 Å². The Hall–Kier alpha value is 2.59. The molecule has 0 saturated carbocycles. The topological polar surface area (TPSA) is 183 Å². The van der Waals surface area contributed by atoms with Crippen LogP contribution in [0.2, 0.25) is 0 Å². The van der Waals surface area contributed by atoms with Crippen LogP contribution in [0.25, 0.3) is 0 Å². The number of hydrogen-bond donors (Lipinski definition) is 0. The molecule has 0 fully saturated rings. The second kappa shape index (κ2) is 194. The first kappa shape index (κ1) is 253. The second-order valence-corrected chi connectivity index (χ2v) is 0. The molecule has 10 heavy (non-hydrogen) atoms. The standard InChI is InChI=1S/Ga.3HI.6N/h;3*1H;;;;;;/q+3;;;;;;;;;/p-3. The van der Waals surface area contributed by atoms with E-state index in [1.54, 1.807) is 0 Å². The van der Waals surface area contributed by atoms with Gasteiger partial charge in [0.1, 0.15) is 0 Å². The maximum absolute atomic E-state index is 0. The summed E-state index contributed by atoms with van der Waals surface area (Å²) in [7, 11) is 0. The summed E-state index contributed by atoms with van der Waals surface area (Å²) in [6.45, 7) is 0. The summed E-state index contributed by atoms with van der Waals surface area (Å²) in [5.74, 6) is 0. The SMILES string of the molecule is [Ga+3].[I-].[I-].[I-].[N].[N].[N].[N].[N].[N]. The van der Waals surface area contributed by atoms with E-state index in [1.807, 2.05) is 0 Å². The van der Waals surface area contributed by atoms with Crippen molar-refractivity contribution < 1.29 is 71.9 Å². The Bertz CT molecular complexity index is 13.0. The summed E-state index contributed by atoms with van der Waals surface area (Å²) >= 11 is 0. The van der Waals surface area contributed by atoms with Crippen LogP contribution < -0.4 is 109 Å². The quantitative estimate of drug-likeness (QED) is 0.212. The van der Waals surface area contributed by atoms with Crippen LogP contribution >= 0.6 is 0 Å². The minimum absolute atomic E-state index is 0. The smallest absolute Gasteiger partial charge is 1.00 e. The Morgan fingerprint density at radius 1 is 0.300 bits per heavy atom. The van der Waals surface area contributed by atoms with Gasteiger partial charge in [-0.3, -0.25) is 0 Å². The fourth-order valence-electron chi connectivity index (χ4n) is 0. The first-order valence-corrected chi connectivity index (χ1v) is 0. The Morgan fingerprint density at radius 2 is 0.300 bits per heavy atom. The molecule has 0 aromatic rings. The van der Waals surface area contributed by atoms with Gasteiger partial charge in [-0.25, -0.2) is 0 Å². The summed E-state index contributed by atoms with van der Waals surface area (Å²) in [4.78, 5) is 0. The van der Waals surface area contributed by atoms with Gasteiger partial charge in [-0.2, -0.15) is 0 Å². The first-order chi connectivity index (χ1) is 0. The number of hydrogen-bond acceptors (Lipinski definition) is 0. The van der Waals surface area contributed by atoms with Gasteiger partial charge >= 0.3 is 19.8 Å². The van der Waals surface area contributed by atoms with Gasteiger partial charge in [0.15, 0.2) is 0 Å². The molecule has 0 unspecified atom stereocenters. The van der Waals surface area contributed by atoms with Crippen LogP contribution in [0.1, 0.15) is 0 Å². The van der Waals surface area contributed by atoms with Crippen molar-refractivity contribution in [3.05, 3.63) is 0 Å². The number of halogens is 3. The average Bonchev–Trinajstić information content (AvgIpc) is 0. The minimum Gasteiger partial charge on any atom is -1.00 e. The van der Waals surface area contributed by atoms with Gasteiger partial charge in [0, 0.05) is 36.9 Å². The molecule has 0 aromatic carbocycles. The van der Waals surface area contributed by atoms with E-state index >= 15 is 0 Å². The third kappa shape index (κ3) is 145. The van der Waals surface area contributed by atoms with Crippen molar-refractivity contribution in [2.45, 2.75) is 0 Å². The second-order valence-electron chi connectivity index (χ2n) is 0. The molecule has 0 aromatic heterocycles. The molecule has 10 heteroatoms. The van der Waals surface area contributed by atoms with E-state index in [0.29, 0.717) is 0 Å². The van der Waals surface area contributed by atoms with E-state index < -0.39 is 0 Å². The Balaban J connectivity index is 0. The largest absolute Gasteiger partial charge is 3.00 e. The molecule has 0 atom stereocenters. The van der Waals surface area contributed by atoms with Crippen molar-refractivity contribution in [3.63, 3.8) is 0 Å². The zero-order valence-electron chi connectivity index (χ0n) is 4.39. The van der Waals surface area contributed by atoms with E-state index in [4.69, 9.17) is 0 Å². The van der Waals surface area contributed by atoms with Crippen molar-refractivity contribution in [2.24, 2.45) is 0 Å². The van der Waals surface area contributed by atoms with Gasteiger partial charge in [-0.05, 0) is 0 Å². The Kier molecular flexibility index (Phi) is 4900. The maximum Gasteiger partial charge on any atom is 3.00 e. The molecular formula is GaI3N6. The molecule has 0 heterocycles. The molecule has 0 aliphatic heterocycles. The van der Waals surface area contributed by atoms with Crippen molar-refractivity contribution in [2.75, 3.05) is 0 Å². The molecule has 6 nitrogen and oxygen atoms in total. The van der Waals surface area contributed by atoms with E-state index in [9.17, 15) is 0 Å². The predicted octanol–water partition coefficient (Wildman–Crippen LogP) is -12.3. The van der Waals surface area contributed by atoms with Crippen LogP contribution in [0.5, 0.6) is 0 Å². The molecule has 0 N–H and O–H groups in total. The van der Waals surface area contributed by atoms with Gasteiger partial charge in [-0.15, -0.1) is 0 Å². The predicted molar refractivity (Wildman–Crippen MR) is 18.6 cm³/mol. The monoisotopic (exact) mass is 534 g/mol. The van der Waals surface area contributed by atoms with Gasteiger partial charge in [0.25, 0.3) is 0 Å². The zero-order valence-corrected chi connectivity index (χ0v) is 13.3. The summed E-state index contributed by atoms with van der Waals surface area (Å²) in [6, 6.07) is 0. The molecule has 0 rings (SSSR count). The van der Waals surface area contributed by atoms with Crippen molar-refractivity contribution in [1.29, 1.82) is 0 Å². The van der Waals surface area contributed by atoms with E-state index in [0.717, 1.165) is 0 Å². The molecule has 0 aliphatic carbocycles. The van der Waals surface area contributed by atoms with Crippen molar-refractivity contribution in [1.82, 2.24) is 36.9 Å². The van der Waals surface area contributed by atoms with E-state index in [1.165, 1.54) is 0 Å². The summed E-state index contributed by atoms with van der Waals surface area (Å²) in [5.41, 5.74) is 0. The fraction of sp³-hybridized carbons (Fsp3) is 0. The van der Waals surface area contributed by atoms with E-state index in [2.05, 4.69) is 0 Å². The molecular weight excluding hydrogens is 534 g/mol. The maximum atomic E-state index is 0. The third-order valence-electron chi connectivity index (χ3n) is 0. The van der Waals surface area contributed by atoms with Crippen LogP contribution in [0, 0.1) is 0 Å². The summed E-state index contributed by atoms with van der Waals surface area (Å²) in [5, 5.41) is 0. The van der Waals surface area contributed by atoms with Crippen LogP contribution in [-0.4, -0.2) is 19.8 Å². The molecule has 0 bridgehead atoms. The average molecular weight is 534 g/mol. The number of rotatable bonds is 0. The van der Waals surface area contributed by atoms with Gasteiger partial charge in [0.2, 0.25) is 0 Å². The third-order valence-corrected chi connectivity index (χ3v) is 0. The van der Waals surface area contributed by atoms with Crippen LogP contribution in [0.3, 0.4) is 0 Å².